The van der Waals surface area contributed by atoms with Crippen molar-refractivity contribution in [3.63, 3.8) is 0 Å². The molecule has 2 aromatic carbocycles. The highest BCUT2D eigenvalue weighted by Gasteiger charge is 2.16. The van der Waals surface area contributed by atoms with Crippen LogP contribution in [0, 0.1) is 28.4 Å². The minimum Gasteiger partial charge on any atom is -0.408 e. The molecule has 0 fully saturated rings. The molecule has 0 aliphatic carbocycles. The Kier molecular flexibility index (Phi) is 4.53. The molecule has 0 aliphatic heterocycles. The first-order valence-corrected chi connectivity index (χ1v) is 7.69. The number of rotatable bonds is 4. The largest absolute Gasteiger partial charge is 0.412 e. The van der Waals surface area contributed by atoms with Gasteiger partial charge in [0.15, 0.2) is 5.75 Å². The second kappa shape index (κ2) is 6.94. The number of carbonyl (C=O) groups excluding carboxylic acids is 1. The molecule has 0 atom stereocenters. The number of aromatic amines is 1. The summed E-state index contributed by atoms with van der Waals surface area (Å²) in [4.78, 5) is 25.4. The van der Waals surface area contributed by atoms with Crippen LogP contribution in [0.25, 0.3) is 10.9 Å². The van der Waals surface area contributed by atoms with Crippen LogP contribution in [0.15, 0.2) is 42.5 Å². The molecule has 3 aromatic rings. The molecule has 26 heavy (non-hydrogen) atoms. The lowest BCUT2D eigenvalue weighted by molar-refractivity contribution is -0.384. The first kappa shape index (κ1) is 17.0. The molecule has 0 aliphatic rings. The van der Waals surface area contributed by atoms with Gasteiger partial charge in [0.25, 0.3) is 5.69 Å². The highest BCUT2D eigenvalue weighted by Crippen LogP contribution is 2.32. The summed E-state index contributed by atoms with van der Waals surface area (Å²) in [7, 11) is 0. The van der Waals surface area contributed by atoms with Crippen LogP contribution in [0.1, 0.15) is 16.8 Å². The van der Waals surface area contributed by atoms with E-state index >= 15 is 0 Å². The summed E-state index contributed by atoms with van der Waals surface area (Å²) in [5, 5.41) is 22.8. The van der Waals surface area contributed by atoms with Crippen LogP contribution in [-0.2, 0) is 6.54 Å². The van der Waals surface area contributed by atoms with E-state index in [9.17, 15) is 14.9 Å². The number of aryl methyl sites for hydroxylation is 1. The fraction of sp³-hybridized carbons (Fsp3) is 0.111. The average molecular weight is 350 g/mol. The molecule has 0 radical (unpaired) electrons. The van der Waals surface area contributed by atoms with Gasteiger partial charge in [-0.25, -0.2) is 4.79 Å². The van der Waals surface area contributed by atoms with Crippen LogP contribution in [0.3, 0.4) is 0 Å². The summed E-state index contributed by atoms with van der Waals surface area (Å²) in [6.45, 7) is 1.96. The second-order valence-electron chi connectivity index (χ2n) is 5.62. The molecule has 1 amide bonds. The number of benzene rings is 2. The van der Waals surface area contributed by atoms with Crippen molar-refractivity contribution in [2.75, 3.05) is 0 Å². The summed E-state index contributed by atoms with van der Waals surface area (Å²) in [5.41, 5.74) is 2.43. The number of non-ortho nitro benzene ring substituents is 1. The van der Waals surface area contributed by atoms with Gasteiger partial charge in [0, 0.05) is 24.1 Å². The number of H-pyrrole nitrogens is 1. The van der Waals surface area contributed by atoms with Gasteiger partial charge in [-0.3, -0.25) is 10.1 Å². The zero-order valence-electron chi connectivity index (χ0n) is 13.8. The number of nitro groups is 1. The van der Waals surface area contributed by atoms with Gasteiger partial charge in [0.2, 0.25) is 0 Å². The minimum atomic E-state index is -0.642. The van der Waals surface area contributed by atoms with Gasteiger partial charge in [-0.15, -0.1) is 0 Å². The molecule has 0 unspecified atom stereocenters. The number of amides is 1. The van der Waals surface area contributed by atoms with Crippen molar-refractivity contribution in [1.82, 2.24) is 10.3 Å². The van der Waals surface area contributed by atoms with E-state index in [1.165, 1.54) is 12.1 Å². The number of nitriles is 1. The fourth-order valence-electron chi connectivity index (χ4n) is 2.54. The monoisotopic (exact) mass is 350 g/mol. The van der Waals surface area contributed by atoms with E-state index < -0.39 is 11.0 Å². The number of aromatic nitrogens is 1. The highest BCUT2D eigenvalue weighted by atomic mass is 16.6. The van der Waals surface area contributed by atoms with Crippen molar-refractivity contribution < 1.29 is 14.5 Å². The molecule has 8 nitrogen and oxygen atoms in total. The average Bonchev–Trinajstić information content (AvgIpc) is 2.95. The van der Waals surface area contributed by atoms with Gasteiger partial charge in [-0.1, -0.05) is 12.1 Å². The van der Waals surface area contributed by atoms with E-state index in [0.717, 1.165) is 5.56 Å². The molecule has 3 rings (SSSR count). The molecule has 0 bridgehead atoms. The maximum atomic E-state index is 12.1. The Balaban J connectivity index is 1.71. The smallest absolute Gasteiger partial charge is 0.408 e. The first-order chi connectivity index (χ1) is 12.5. The van der Waals surface area contributed by atoms with Crippen molar-refractivity contribution in [2.45, 2.75) is 13.5 Å². The number of nitrogens with one attached hydrogen (secondary N) is 2. The van der Waals surface area contributed by atoms with Crippen LogP contribution in [0.5, 0.6) is 5.75 Å². The summed E-state index contributed by atoms with van der Waals surface area (Å²) in [5.74, 6) is 0.326. The van der Waals surface area contributed by atoms with Crippen LogP contribution in [0.2, 0.25) is 0 Å². The zero-order valence-corrected chi connectivity index (χ0v) is 13.8. The third kappa shape index (κ3) is 3.47. The Morgan fingerprint density at radius 1 is 1.31 bits per heavy atom. The number of ether oxygens (including phenoxy) is 1. The normalized spacial score (nSPS) is 10.3. The highest BCUT2D eigenvalue weighted by molar-refractivity contribution is 5.91. The summed E-state index contributed by atoms with van der Waals surface area (Å²) >= 11 is 0. The number of hydrogen-bond donors (Lipinski definition) is 2. The maximum Gasteiger partial charge on any atom is 0.412 e. The molecule has 0 saturated carbocycles. The van der Waals surface area contributed by atoms with Crippen molar-refractivity contribution >= 4 is 22.7 Å². The van der Waals surface area contributed by atoms with Crippen molar-refractivity contribution in [1.29, 1.82) is 5.26 Å². The fourth-order valence-corrected chi connectivity index (χ4v) is 2.54. The molecule has 2 N–H and O–H groups in total. The lowest BCUT2D eigenvalue weighted by atomic mass is 10.1. The van der Waals surface area contributed by atoms with Gasteiger partial charge in [-0.2, -0.15) is 5.26 Å². The van der Waals surface area contributed by atoms with Gasteiger partial charge in [-0.05, 0) is 30.7 Å². The van der Waals surface area contributed by atoms with Crippen molar-refractivity contribution in [2.24, 2.45) is 0 Å². The Morgan fingerprint density at radius 3 is 2.69 bits per heavy atom. The SMILES string of the molecule is Cc1[nH]c2cc([N+](=O)[O-])ccc2c1OC(=O)NCc1ccc(C#N)cc1. The van der Waals surface area contributed by atoms with E-state index in [-0.39, 0.29) is 12.2 Å². The molecule has 1 aromatic heterocycles. The Bertz CT molecular complexity index is 1030. The van der Waals surface area contributed by atoms with Crippen LogP contribution in [0.4, 0.5) is 10.5 Å². The molecule has 8 heteroatoms. The second-order valence-corrected chi connectivity index (χ2v) is 5.62. The van der Waals surface area contributed by atoms with E-state index in [1.54, 1.807) is 37.3 Å². The van der Waals surface area contributed by atoms with Gasteiger partial charge < -0.3 is 15.0 Å². The molecule has 1 heterocycles. The topological polar surface area (TPSA) is 121 Å². The number of nitrogens with zero attached hydrogens (tertiary/aromatic N) is 2. The van der Waals surface area contributed by atoms with Crippen LogP contribution < -0.4 is 10.1 Å². The lowest BCUT2D eigenvalue weighted by Gasteiger charge is -2.07. The van der Waals surface area contributed by atoms with Crippen LogP contribution >= 0.6 is 0 Å². The number of hydrogen-bond acceptors (Lipinski definition) is 5. The quantitative estimate of drug-likeness (QED) is 0.550. The molecule has 0 spiro atoms. The Morgan fingerprint density at radius 2 is 2.04 bits per heavy atom. The molecule has 130 valence electrons. The standard InChI is InChI=1S/C18H14N4O4/c1-11-17(15-7-6-14(22(24)25)8-16(15)21-11)26-18(23)20-10-13-4-2-12(9-19)3-5-13/h2-8,21H,10H2,1H3,(H,20,23). The van der Waals surface area contributed by atoms with Crippen LogP contribution in [-0.4, -0.2) is 16.0 Å². The van der Waals surface area contributed by atoms with E-state index in [2.05, 4.69) is 10.3 Å². The number of fused-ring (bicyclic) bond motifs is 1. The Hall–Kier alpha value is -3.86. The predicted molar refractivity (Wildman–Crippen MR) is 93.7 cm³/mol. The third-order valence-corrected chi connectivity index (χ3v) is 3.84. The number of carbonyl (C=O) groups is 1. The molecular weight excluding hydrogens is 336 g/mol. The van der Waals surface area contributed by atoms with Gasteiger partial charge >= 0.3 is 6.09 Å². The number of nitro benzene ring substituents is 1. The summed E-state index contributed by atoms with van der Waals surface area (Å²) in [6, 6.07) is 13.1. The maximum absolute atomic E-state index is 12.1. The first-order valence-electron chi connectivity index (χ1n) is 7.69. The van der Waals surface area contributed by atoms with Crippen molar-refractivity contribution in [3.05, 3.63) is 69.4 Å². The van der Waals surface area contributed by atoms with Gasteiger partial charge in [0.05, 0.1) is 27.8 Å². The van der Waals surface area contributed by atoms with E-state index in [4.69, 9.17) is 10.00 Å². The third-order valence-electron chi connectivity index (χ3n) is 3.84. The Labute approximate surface area is 148 Å². The molecular formula is C18H14N4O4. The zero-order chi connectivity index (χ0) is 18.7. The van der Waals surface area contributed by atoms with E-state index in [0.29, 0.717) is 27.9 Å². The minimum absolute atomic E-state index is 0.0458. The van der Waals surface area contributed by atoms with Crippen molar-refractivity contribution in [3.8, 4) is 11.8 Å². The predicted octanol–water partition coefficient (Wildman–Crippen LogP) is 3.54. The summed E-state index contributed by atoms with van der Waals surface area (Å²) < 4.78 is 5.36. The lowest BCUT2D eigenvalue weighted by Crippen LogP contribution is -2.26. The molecule has 0 saturated heterocycles. The van der Waals surface area contributed by atoms with Gasteiger partial charge in [0.1, 0.15) is 0 Å². The summed E-state index contributed by atoms with van der Waals surface area (Å²) in [6.07, 6.45) is -0.642. The van der Waals surface area contributed by atoms with E-state index in [1.807, 2.05) is 6.07 Å².